The monoisotopic (exact) mass is 495 g/mol. The second-order valence-electron chi connectivity index (χ2n) is 5.86. The summed E-state index contributed by atoms with van der Waals surface area (Å²) in [5.74, 6) is 0.763. The lowest BCUT2D eigenvalue weighted by molar-refractivity contribution is 0.794. The fraction of sp³-hybridized carbons (Fsp3) is 0.200. The predicted molar refractivity (Wildman–Crippen MR) is 122 cm³/mol. The summed E-state index contributed by atoms with van der Waals surface area (Å²) in [5, 5.41) is 11.8. The van der Waals surface area contributed by atoms with Gasteiger partial charge in [-0.25, -0.2) is 4.68 Å². The van der Waals surface area contributed by atoms with Crippen molar-refractivity contribution < 1.29 is 0 Å². The van der Waals surface area contributed by atoms with Crippen LogP contribution < -0.4 is 10.6 Å². The van der Waals surface area contributed by atoms with Crippen molar-refractivity contribution in [2.45, 2.75) is 13.0 Å². The SMILES string of the molecule is CN=C(NCCc1cccc(Cl)c1)NCc1cnn(-c2ccccc2)c1.I. The van der Waals surface area contributed by atoms with Gasteiger partial charge in [0.25, 0.3) is 0 Å². The first-order chi connectivity index (χ1) is 12.7. The van der Waals surface area contributed by atoms with Crippen LogP contribution in [0.3, 0.4) is 0 Å². The number of halogens is 2. The van der Waals surface area contributed by atoms with E-state index in [1.807, 2.05) is 65.6 Å². The summed E-state index contributed by atoms with van der Waals surface area (Å²) in [6.07, 6.45) is 4.76. The highest BCUT2D eigenvalue weighted by atomic mass is 127. The van der Waals surface area contributed by atoms with Crippen molar-refractivity contribution in [3.05, 3.63) is 83.1 Å². The van der Waals surface area contributed by atoms with Gasteiger partial charge in [-0.05, 0) is 36.2 Å². The summed E-state index contributed by atoms with van der Waals surface area (Å²) < 4.78 is 1.87. The third-order valence-corrected chi connectivity index (χ3v) is 4.17. The highest BCUT2D eigenvalue weighted by molar-refractivity contribution is 14.0. The molecule has 0 saturated heterocycles. The average Bonchev–Trinajstić information content (AvgIpc) is 3.14. The Morgan fingerprint density at radius 1 is 1.07 bits per heavy atom. The molecule has 27 heavy (non-hydrogen) atoms. The van der Waals surface area contributed by atoms with Crippen molar-refractivity contribution in [1.82, 2.24) is 20.4 Å². The number of benzene rings is 2. The molecule has 7 heteroatoms. The Hall–Kier alpha value is -2.06. The van der Waals surface area contributed by atoms with Crippen molar-refractivity contribution in [2.75, 3.05) is 13.6 Å². The van der Waals surface area contributed by atoms with E-state index < -0.39 is 0 Å². The van der Waals surface area contributed by atoms with Crippen LogP contribution in [0.1, 0.15) is 11.1 Å². The van der Waals surface area contributed by atoms with Gasteiger partial charge >= 0.3 is 0 Å². The Morgan fingerprint density at radius 2 is 1.89 bits per heavy atom. The Labute approximate surface area is 181 Å². The molecule has 0 bridgehead atoms. The van der Waals surface area contributed by atoms with Gasteiger partial charge in [0.1, 0.15) is 0 Å². The van der Waals surface area contributed by atoms with Gasteiger partial charge < -0.3 is 10.6 Å². The Bertz CT molecular complexity index is 864. The van der Waals surface area contributed by atoms with Crippen LogP contribution in [0.15, 0.2) is 72.0 Å². The van der Waals surface area contributed by atoms with Gasteiger partial charge in [-0.1, -0.05) is 41.9 Å². The second kappa shape index (κ2) is 10.9. The molecule has 3 aromatic rings. The van der Waals surface area contributed by atoms with E-state index in [0.717, 1.165) is 35.2 Å². The van der Waals surface area contributed by atoms with E-state index in [1.54, 1.807) is 7.05 Å². The molecule has 0 atom stereocenters. The van der Waals surface area contributed by atoms with Crippen LogP contribution in [-0.4, -0.2) is 29.3 Å². The molecule has 3 rings (SSSR count). The van der Waals surface area contributed by atoms with Crippen molar-refractivity contribution in [1.29, 1.82) is 0 Å². The predicted octanol–water partition coefficient (Wildman–Crippen LogP) is 4.05. The van der Waals surface area contributed by atoms with Crippen molar-refractivity contribution in [3.8, 4) is 5.69 Å². The molecule has 5 nitrogen and oxygen atoms in total. The van der Waals surface area contributed by atoms with Gasteiger partial charge in [-0.2, -0.15) is 5.10 Å². The molecule has 142 valence electrons. The molecular formula is C20H23ClIN5. The topological polar surface area (TPSA) is 54.2 Å². The molecule has 1 aromatic heterocycles. The highest BCUT2D eigenvalue weighted by Gasteiger charge is 2.03. The molecule has 0 aliphatic heterocycles. The average molecular weight is 496 g/mol. The van der Waals surface area contributed by atoms with Gasteiger partial charge in [0, 0.05) is 36.9 Å². The number of nitrogens with one attached hydrogen (secondary N) is 2. The molecule has 0 radical (unpaired) electrons. The minimum atomic E-state index is 0. The fourth-order valence-electron chi connectivity index (χ4n) is 2.60. The van der Waals surface area contributed by atoms with Crippen LogP contribution in [-0.2, 0) is 13.0 Å². The van der Waals surface area contributed by atoms with E-state index in [1.165, 1.54) is 5.56 Å². The van der Waals surface area contributed by atoms with Gasteiger partial charge in [0.2, 0.25) is 0 Å². The number of aliphatic imine (C=N–C) groups is 1. The zero-order valence-corrected chi connectivity index (χ0v) is 18.2. The standard InChI is InChI=1S/C20H22ClN5.HI/c1-22-20(23-11-10-16-6-5-7-18(21)12-16)24-13-17-14-25-26(15-17)19-8-3-2-4-9-19;/h2-9,12,14-15H,10-11,13H2,1H3,(H2,22,23,24);1H. The molecule has 2 aromatic carbocycles. The summed E-state index contributed by atoms with van der Waals surface area (Å²) in [6, 6.07) is 18.0. The van der Waals surface area contributed by atoms with Crippen LogP contribution in [0.2, 0.25) is 5.02 Å². The zero-order chi connectivity index (χ0) is 18.2. The maximum atomic E-state index is 6.01. The normalized spacial score (nSPS) is 11.0. The molecule has 0 aliphatic rings. The minimum absolute atomic E-state index is 0. The number of aromatic nitrogens is 2. The Kier molecular flexibility index (Phi) is 8.60. The van der Waals surface area contributed by atoms with Crippen LogP contribution in [0.25, 0.3) is 5.69 Å². The van der Waals surface area contributed by atoms with Gasteiger partial charge in [-0.15, -0.1) is 24.0 Å². The van der Waals surface area contributed by atoms with Crippen molar-refractivity contribution in [3.63, 3.8) is 0 Å². The molecule has 0 fully saturated rings. The summed E-state index contributed by atoms with van der Waals surface area (Å²) in [6.45, 7) is 1.44. The van der Waals surface area contributed by atoms with Gasteiger partial charge in [0.05, 0.1) is 11.9 Å². The summed E-state index contributed by atoms with van der Waals surface area (Å²) in [7, 11) is 1.77. The lowest BCUT2D eigenvalue weighted by atomic mass is 10.1. The molecule has 0 spiro atoms. The third-order valence-electron chi connectivity index (χ3n) is 3.94. The number of rotatable bonds is 6. The number of nitrogens with zero attached hydrogens (tertiary/aromatic N) is 3. The highest BCUT2D eigenvalue weighted by Crippen LogP contribution is 2.10. The van der Waals surface area contributed by atoms with Crippen LogP contribution >= 0.6 is 35.6 Å². The van der Waals surface area contributed by atoms with E-state index in [-0.39, 0.29) is 24.0 Å². The second-order valence-corrected chi connectivity index (χ2v) is 6.30. The molecule has 1 heterocycles. The lowest BCUT2D eigenvalue weighted by Gasteiger charge is -2.11. The lowest BCUT2D eigenvalue weighted by Crippen LogP contribution is -2.37. The van der Waals surface area contributed by atoms with Gasteiger partial charge in [-0.3, -0.25) is 4.99 Å². The van der Waals surface area contributed by atoms with E-state index in [2.05, 4.69) is 26.8 Å². The molecule has 0 unspecified atom stereocenters. The van der Waals surface area contributed by atoms with E-state index in [9.17, 15) is 0 Å². The molecule has 2 N–H and O–H groups in total. The fourth-order valence-corrected chi connectivity index (χ4v) is 2.81. The summed E-state index contributed by atoms with van der Waals surface area (Å²) in [5.41, 5.74) is 3.33. The quantitative estimate of drug-likeness (QED) is 0.308. The van der Waals surface area contributed by atoms with Crippen molar-refractivity contribution in [2.24, 2.45) is 4.99 Å². The van der Waals surface area contributed by atoms with E-state index in [0.29, 0.717) is 6.54 Å². The molecule has 0 aliphatic carbocycles. The molecule has 0 saturated carbocycles. The number of para-hydroxylation sites is 1. The first kappa shape index (κ1) is 21.2. The summed E-state index contributed by atoms with van der Waals surface area (Å²) in [4.78, 5) is 4.26. The smallest absolute Gasteiger partial charge is 0.191 e. The largest absolute Gasteiger partial charge is 0.356 e. The van der Waals surface area contributed by atoms with E-state index in [4.69, 9.17) is 11.6 Å². The minimum Gasteiger partial charge on any atom is -0.356 e. The number of hydrogen-bond donors (Lipinski definition) is 2. The summed E-state index contributed by atoms with van der Waals surface area (Å²) >= 11 is 6.01. The Morgan fingerprint density at radius 3 is 2.63 bits per heavy atom. The van der Waals surface area contributed by atoms with Crippen LogP contribution in [0.5, 0.6) is 0 Å². The maximum absolute atomic E-state index is 6.01. The Balaban J connectivity index is 0.00000261. The first-order valence-electron chi connectivity index (χ1n) is 8.52. The number of hydrogen-bond acceptors (Lipinski definition) is 2. The number of guanidine groups is 1. The maximum Gasteiger partial charge on any atom is 0.191 e. The van der Waals surface area contributed by atoms with Crippen LogP contribution in [0, 0.1) is 0 Å². The molecule has 0 amide bonds. The molecular weight excluding hydrogens is 473 g/mol. The zero-order valence-electron chi connectivity index (χ0n) is 15.1. The van der Waals surface area contributed by atoms with Gasteiger partial charge in [0.15, 0.2) is 5.96 Å². The first-order valence-corrected chi connectivity index (χ1v) is 8.90. The van der Waals surface area contributed by atoms with E-state index >= 15 is 0 Å². The third kappa shape index (κ3) is 6.55. The van der Waals surface area contributed by atoms with Crippen LogP contribution in [0.4, 0.5) is 0 Å². The van der Waals surface area contributed by atoms with Crippen molar-refractivity contribution >= 4 is 41.5 Å².